The second-order valence-electron chi connectivity index (χ2n) is 9.40. The predicted octanol–water partition coefficient (Wildman–Crippen LogP) is 4.73. The SMILES string of the molecule is CC1(C)OCC(C)(C(=O)Nc2ccc(C(=O)NCc3ccc(-c4ccccc4)cc3)cc2)N1C(=O)O. The maximum Gasteiger partial charge on any atom is 0.410 e. The summed E-state index contributed by atoms with van der Waals surface area (Å²) in [5, 5.41) is 15.2. The number of rotatable bonds is 6. The number of benzene rings is 3. The summed E-state index contributed by atoms with van der Waals surface area (Å²) in [5.74, 6) is -0.749. The minimum Gasteiger partial charge on any atom is -0.465 e. The van der Waals surface area contributed by atoms with E-state index in [1.165, 1.54) is 6.92 Å². The average Bonchev–Trinajstić information content (AvgIpc) is 3.13. The maximum atomic E-state index is 13.0. The van der Waals surface area contributed by atoms with Gasteiger partial charge in [0.1, 0.15) is 11.3 Å². The van der Waals surface area contributed by atoms with Gasteiger partial charge in [-0.05, 0) is 61.7 Å². The van der Waals surface area contributed by atoms with Crippen LogP contribution in [0.3, 0.4) is 0 Å². The lowest BCUT2D eigenvalue weighted by atomic mass is 9.99. The number of anilines is 1. The third kappa shape index (κ3) is 5.08. The lowest BCUT2D eigenvalue weighted by Crippen LogP contribution is -2.59. The molecule has 3 aromatic rings. The summed E-state index contributed by atoms with van der Waals surface area (Å²) in [6.07, 6.45) is -1.24. The van der Waals surface area contributed by atoms with Crippen molar-refractivity contribution in [1.29, 1.82) is 0 Å². The zero-order valence-corrected chi connectivity index (χ0v) is 20.4. The topological polar surface area (TPSA) is 108 Å². The van der Waals surface area contributed by atoms with Crippen LogP contribution < -0.4 is 10.6 Å². The van der Waals surface area contributed by atoms with Crippen molar-refractivity contribution in [2.75, 3.05) is 11.9 Å². The summed E-state index contributed by atoms with van der Waals surface area (Å²) in [4.78, 5) is 38.4. The fraction of sp³-hybridized carbons (Fsp3) is 0.250. The van der Waals surface area contributed by atoms with Gasteiger partial charge in [0.15, 0.2) is 0 Å². The maximum absolute atomic E-state index is 13.0. The van der Waals surface area contributed by atoms with Crippen LogP contribution in [0, 0.1) is 0 Å². The number of nitrogens with one attached hydrogen (secondary N) is 2. The number of ether oxygens (including phenoxy) is 1. The van der Waals surface area contributed by atoms with Crippen LogP contribution in [0.4, 0.5) is 10.5 Å². The molecule has 3 N–H and O–H groups in total. The number of nitrogens with zero attached hydrogens (tertiary/aromatic N) is 1. The van der Waals surface area contributed by atoms with E-state index >= 15 is 0 Å². The minimum atomic E-state index is -1.39. The molecule has 1 fully saturated rings. The van der Waals surface area contributed by atoms with E-state index in [1.807, 2.05) is 54.6 Å². The highest BCUT2D eigenvalue weighted by atomic mass is 16.5. The number of amides is 3. The second kappa shape index (κ2) is 9.83. The largest absolute Gasteiger partial charge is 0.465 e. The van der Waals surface area contributed by atoms with Gasteiger partial charge in [-0.3, -0.25) is 14.5 Å². The van der Waals surface area contributed by atoms with E-state index in [2.05, 4.69) is 10.6 Å². The summed E-state index contributed by atoms with van der Waals surface area (Å²) >= 11 is 0. The molecule has 1 atom stereocenters. The summed E-state index contributed by atoms with van der Waals surface area (Å²) in [5.41, 5.74) is 1.60. The third-order valence-electron chi connectivity index (χ3n) is 6.34. The van der Waals surface area contributed by atoms with Crippen molar-refractivity contribution in [3.05, 3.63) is 90.0 Å². The molecule has 3 amide bonds. The van der Waals surface area contributed by atoms with Crippen LogP contribution in [-0.4, -0.2) is 45.8 Å². The van der Waals surface area contributed by atoms with E-state index in [0.717, 1.165) is 21.6 Å². The van der Waals surface area contributed by atoms with Crippen molar-refractivity contribution in [2.24, 2.45) is 0 Å². The molecular formula is C28H29N3O5. The second-order valence-corrected chi connectivity index (χ2v) is 9.40. The Morgan fingerprint density at radius 3 is 2.11 bits per heavy atom. The predicted molar refractivity (Wildman–Crippen MR) is 136 cm³/mol. The van der Waals surface area contributed by atoms with E-state index in [-0.39, 0.29) is 12.5 Å². The van der Waals surface area contributed by atoms with Gasteiger partial charge in [0.2, 0.25) is 0 Å². The molecule has 8 heteroatoms. The Kier molecular flexibility index (Phi) is 6.81. The number of carbonyl (C=O) groups excluding carboxylic acids is 2. The molecular weight excluding hydrogens is 458 g/mol. The van der Waals surface area contributed by atoms with E-state index in [0.29, 0.717) is 17.8 Å². The smallest absolute Gasteiger partial charge is 0.410 e. The van der Waals surface area contributed by atoms with Crippen LogP contribution in [0.25, 0.3) is 11.1 Å². The van der Waals surface area contributed by atoms with Crippen molar-refractivity contribution < 1.29 is 24.2 Å². The zero-order chi connectivity index (χ0) is 25.9. The van der Waals surface area contributed by atoms with Gasteiger partial charge in [-0.25, -0.2) is 4.79 Å². The molecule has 0 spiro atoms. The molecule has 4 rings (SSSR count). The normalized spacial score (nSPS) is 18.5. The Morgan fingerprint density at radius 1 is 0.889 bits per heavy atom. The molecule has 36 heavy (non-hydrogen) atoms. The fourth-order valence-electron chi connectivity index (χ4n) is 4.35. The Labute approximate surface area is 209 Å². The zero-order valence-electron chi connectivity index (χ0n) is 20.4. The minimum absolute atomic E-state index is 0.0645. The number of carbonyl (C=O) groups is 3. The van der Waals surface area contributed by atoms with Crippen LogP contribution >= 0.6 is 0 Å². The molecule has 0 aromatic heterocycles. The average molecular weight is 488 g/mol. The standard InChI is InChI=1S/C28H29N3O5/c1-27(2)31(26(34)35)28(3,18-36-27)25(33)30-23-15-13-22(14-16-23)24(32)29-17-19-9-11-21(12-10-19)20-7-5-4-6-8-20/h4-16H,17-18H2,1-3H3,(H,29,32)(H,30,33)(H,34,35). The summed E-state index contributed by atoms with van der Waals surface area (Å²) in [7, 11) is 0. The Hall–Kier alpha value is -4.17. The lowest BCUT2D eigenvalue weighted by Gasteiger charge is -2.36. The first-order chi connectivity index (χ1) is 17.1. The summed E-state index contributed by atoms with van der Waals surface area (Å²) in [6, 6.07) is 24.5. The van der Waals surface area contributed by atoms with Crippen LogP contribution in [0.15, 0.2) is 78.9 Å². The highest BCUT2D eigenvalue weighted by molar-refractivity contribution is 6.01. The van der Waals surface area contributed by atoms with E-state index < -0.39 is 23.3 Å². The summed E-state index contributed by atoms with van der Waals surface area (Å²) in [6.45, 7) is 5.05. The van der Waals surface area contributed by atoms with Gasteiger partial charge in [-0.1, -0.05) is 54.6 Å². The molecule has 1 aliphatic rings. The van der Waals surface area contributed by atoms with Crippen LogP contribution in [0.5, 0.6) is 0 Å². The molecule has 1 unspecified atom stereocenters. The third-order valence-corrected chi connectivity index (χ3v) is 6.34. The molecule has 1 saturated heterocycles. The van der Waals surface area contributed by atoms with Crippen LogP contribution in [0.1, 0.15) is 36.7 Å². The first-order valence-corrected chi connectivity index (χ1v) is 11.6. The molecule has 186 valence electrons. The molecule has 3 aromatic carbocycles. The lowest BCUT2D eigenvalue weighted by molar-refractivity contribution is -0.126. The van der Waals surface area contributed by atoms with Crippen molar-refractivity contribution in [3.8, 4) is 11.1 Å². The van der Waals surface area contributed by atoms with Gasteiger partial charge < -0.3 is 20.5 Å². The van der Waals surface area contributed by atoms with E-state index in [4.69, 9.17) is 4.74 Å². The highest BCUT2D eigenvalue weighted by Crippen LogP contribution is 2.35. The summed E-state index contributed by atoms with van der Waals surface area (Å²) < 4.78 is 5.56. The van der Waals surface area contributed by atoms with Crippen molar-refractivity contribution in [3.63, 3.8) is 0 Å². The number of hydrogen-bond donors (Lipinski definition) is 3. The Balaban J connectivity index is 1.35. The van der Waals surface area contributed by atoms with Gasteiger partial charge >= 0.3 is 6.09 Å². The molecule has 0 bridgehead atoms. The van der Waals surface area contributed by atoms with Gasteiger partial charge in [0.05, 0.1) is 6.61 Å². The molecule has 8 nitrogen and oxygen atoms in total. The Bertz CT molecular complexity index is 1260. The highest BCUT2D eigenvalue weighted by Gasteiger charge is 2.56. The van der Waals surface area contributed by atoms with Crippen molar-refractivity contribution in [1.82, 2.24) is 10.2 Å². The molecule has 0 saturated carbocycles. The van der Waals surface area contributed by atoms with E-state index in [9.17, 15) is 19.5 Å². The van der Waals surface area contributed by atoms with Gasteiger partial charge in [-0.2, -0.15) is 0 Å². The Morgan fingerprint density at radius 2 is 1.50 bits per heavy atom. The van der Waals surface area contributed by atoms with E-state index in [1.54, 1.807) is 38.1 Å². The number of carboxylic acid groups (broad SMARTS) is 1. The first kappa shape index (κ1) is 24.9. The monoisotopic (exact) mass is 487 g/mol. The molecule has 1 heterocycles. The quantitative estimate of drug-likeness (QED) is 0.466. The van der Waals surface area contributed by atoms with Crippen LogP contribution in [-0.2, 0) is 16.1 Å². The van der Waals surface area contributed by atoms with Gasteiger partial charge in [0, 0.05) is 17.8 Å². The number of hydrogen-bond acceptors (Lipinski definition) is 4. The fourth-order valence-corrected chi connectivity index (χ4v) is 4.35. The van der Waals surface area contributed by atoms with Gasteiger partial charge in [-0.15, -0.1) is 0 Å². The van der Waals surface area contributed by atoms with Crippen LogP contribution in [0.2, 0.25) is 0 Å². The van der Waals surface area contributed by atoms with Crippen molar-refractivity contribution >= 4 is 23.6 Å². The molecule has 1 aliphatic heterocycles. The first-order valence-electron chi connectivity index (χ1n) is 11.6. The van der Waals surface area contributed by atoms with Gasteiger partial charge in [0.25, 0.3) is 11.8 Å². The molecule has 0 radical (unpaired) electrons. The molecule has 0 aliphatic carbocycles. The van der Waals surface area contributed by atoms with Crippen molar-refractivity contribution in [2.45, 2.75) is 38.6 Å².